The fourth-order valence-electron chi connectivity index (χ4n) is 4.63. The number of benzene rings is 1. The molecule has 0 saturated carbocycles. The molecule has 28 heavy (non-hydrogen) atoms. The van der Waals surface area contributed by atoms with Crippen molar-refractivity contribution >= 4 is 5.82 Å². The molecule has 2 saturated heterocycles. The van der Waals surface area contributed by atoms with Gasteiger partial charge in [0, 0.05) is 49.0 Å². The molecule has 0 N–H and O–H groups in total. The second-order valence-electron chi connectivity index (χ2n) is 7.67. The number of aryl methyl sites for hydroxylation is 1. The first-order valence-electron chi connectivity index (χ1n) is 9.96. The summed E-state index contributed by atoms with van der Waals surface area (Å²) in [6.45, 7) is 4.62. The molecule has 3 unspecified atom stereocenters. The average molecular weight is 372 g/mol. The smallest absolute Gasteiger partial charge is 0.180 e. The number of rotatable bonds is 3. The minimum atomic E-state index is 0.449. The van der Waals surface area contributed by atoms with Gasteiger partial charge in [-0.3, -0.25) is 4.98 Å². The Hall–Kier alpha value is -2.79. The highest BCUT2D eigenvalue weighted by molar-refractivity contribution is 5.55. The lowest BCUT2D eigenvalue weighted by Gasteiger charge is -2.33. The van der Waals surface area contributed by atoms with E-state index in [0.717, 1.165) is 43.4 Å². The second kappa shape index (κ2) is 7.32. The number of anilines is 1. The molecule has 5 rings (SSSR count). The Balaban J connectivity index is 1.53. The third-order valence-corrected chi connectivity index (χ3v) is 5.93. The van der Waals surface area contributed by atoms with Gasteiger partial charge in [-0.05, 0) is 31.0 Å². The van der Waals surface area contributed by atoms with E-state index in [2.05, 4.69) is 51.3 Å². The van der Waals surface area contributed by atoms with Crippen molar-refractivity contribution in [3.05, 3.63) is 72.1 Å². The SMILES string of the molecule is Cc1cc(N2CC(c3ccccc3)C3COCCC32)nc(-c2ccccn2)n1. The molecule has 0 spiro atoms. The number of pyridine rings is 1. The third-order valence-electron chi connectivity index (χ3n) is 5.93. The largest absolute Gasteiger partial charge is 0.381 e. The first-order chi connectivity index (χ1) is 13.8. The van der Waals surface area contributed by atoms with Crippen molar-refractivity contribution in [2.45, 2.75) is 25.3 Å². The van der Waals surface area contributed by atoms with Gasteiger partial charge < -0.3 is 9.64 Å². The Morgan fingerprint density at radius 1 is 1.04 bits per heavy atom. The van der Waals surface area contributed by atoms with Gasteiger partial charge in [0.1, 0.15) is 11.5 Å². The zero-order valence-corrected chi connectivity index (χ0v) is 16.0. The molecule has 0 amide bonds. The van der Waals surface area contributed by atoms with Gasteiger partial charge >= 0.3 is 0 Å². The minimum absolute atomic E-state index is 0.449. The van der Waals surface area contributed by atoms with E-state index in [1.54, 1.807) is 6.20 Å². The maximum atomic E-state index is 5.87. The van der Waals surface area contributed by atoms with Gasteiger partial charge in [-0.2, -0.15) is 0 Å². The van der Waals surface area contributed by atoms with Gasteiger partial charge in [0.15, 0.2) is 5.82 Å². The van der Waals surface area contributed by atoms with Crippen molar-refractivity contribution in [2.75, 3.05) is 24.7 Å². The van der Waals surface area contributed by atoms with Crippen LogP contribution in [0.4, 0.5) is 5.82 Å². The molecule has 4 heterocycles. The van der Waals surface area contributed by atoms with E-state index in [1.807, 2.05) is 25.1 Å². The number of aromatic nitrogens is 3. The van der Waals surface area contributed by atoms with Gasteiger partial charge in [0.05, 0.1) is 6.61 Å². The average Bonchev–Trinajstić information content (AvgIpc) is 3.14. The van der Waals surface area contributed by atoms with Crippen LogP contribution in [0.3, 0.4) is 0 Å². The van der Waals surface area contributed by atoms with Crippen LogP contribution < -0.4 is 4.90 Å². The minimum Gasteiger partial charge on any atom is -0.381 e. The zero-order valence-electron chi connectivity index (χ0n) is 16.0. The van der Waals surface area contributed by atoms with Crippen molar-refractivity contribution < 1.29 is 4.74 Å². The monoisotopic (exact) mass is 372 g/mol. The second-order valence-corrected chi connectivity index (χ2v) is 7.67. The van der Waals surface area contributed by atoms with Gasteiger partial charge in [-0.25, -0.2) is 9.97 Å². The summed E-state index contributed by atoms with van der Waals surface area (Å²) in [6.07, 6.45) is 2.83. The maximum absolute atomic E-state index is 5.87. The number of nitrogens with zero attached hydrogens (tertiary/aromatic N) is 4. The molecule has 0 aliphatic carbocycles. The van der Waals surface area contributed by atoms with E-state index in [9.17, 15) is 0 Å². The van der Waals surface area contributed by atoms with Crippen LogP contribution in [0.1, 0.15) is 23.6 Å². The first kappa shape index (κ1) is 17.3. The lowest BCUT2D eigenvalue weighted by Crippen LogP contribution is -2.39. The number of hydrogen-bond acceptors (Lipinski definition) is 5. The molecule has 3 atom stereocenters. The van der Waals surface area contributed by atoms with E-state index in [-0.39, 0.29) is 0 Å². The van der Waals surface area contributed by atoms with Crippen LogP contribution in [0.15, 0.2) is 60.8 Å². The fraction of sp³-hybridized carbons (Fsp3) is 0.348. The molecule has 1 aromatic carbocycles. The van der Waals surface area contributed by atoms with Crippen LogP contribution in [0, 0.1) is 12.8 Å². The molecule has 0 bridgehead atoms. The summed E-state index contributed by atoms with van der Waals surface area (Å²) in [6, 6.07) is 19.2. The van der Waals surface area contributed by atoms with Gasteiger partial charge in [-0.1, -0.05) is 36.4 Å². The first-order valence-corrected chi connectivity index (χ1v) is 9.96. The summed E-state index contributed by atoms with van der Waals surface area (Å²) in [4.78, 5) is 16.5. The van der Waals surface area contributed by atoms with E-state index < -0.39 is 0 Å². The number of ether oxygens (including phenoxy) is 1. The molecule has 2 fully saturated rings. The van der Waals surface area contributed by atoms with Crippen molar-refractivity contribution in [1.29, 1.82) is 0 Å². The van der Waals surface area contributed by atoms with E-state index in [0.29, 0.717) is 23.7 Å². The quantitative estimate of drug-likeness (QED) is 0.699. The Labute approximate surface area is 165 Å². The summed E-state index contributed by atoms with van der Waals surface area (Å²) in [5.41, 5.74) is 3.17. The van der Waals surface area contributed by atoms with Crippen LogP contribution in [0.25, 0.3) is 11.5 Å². The van der Waals surface area contributed by atoms with E-state index >= 15 is 0 Å². The highest BCUT2D eigenvalue weighted by Crippen LogP contribution is 2.42. The standard InChI is InChI=1S/C23H24N4O/c1-16-13-22(26-23(25-16)20-9-5-6-11-24-20)27-14-18(17-7-3-2-4-8-17)19-15-28-12-10-21(19)27/h2-9,11,13,18-19,21H,10,12,14-15H2,1H3. The lowest BCUT2D eigenvalue weighted by atomic mass is 9.84. The predicted octanol–water partition coefficient (Wildman–Crippen LogP) is 3.86. The summed E-state index contributed by atoms with van der Waals surface area (Å²) in [5, 5.41) is 0. The van der Waals surface area contributed by atoms with Crippen LogP contribution in [-0.4, -0.2) is 40.8 Å². The Bertz CT molecular complexity index is 947. The number of fused-ring (bicyclic) bond motifs is 1. The molecule has 5 heteroatoms. The van der Waals surface area contributed by atoms with E-state index in [1.165, 1.54) is 5.56 Å². The van der Waals surface area contributed by atoms with Crippen LogP contribution >= 0.6 is 0 Å². The van der Waals surface area contributed by atoms with Crippen molar-refractivity contribution in [1.82, 2.24) is 15.0 Å². The normalized spacial score (nSPS) is 24.2. The Morgan fingerprint density at radius 3 is 2.71 bits per heavy atom. The van der Waals surface area contributed by atoms with Crippen LogP contribution in [0.2, 0.25) is 0 Å². The Morgan fingerprint density at radius 2 is 1.89 bits per heavy atom. The van der Waals surface area contributed by atoms with Crippen molar-refractivity contribution in [3.8, 4) is 11.5 Å². The summed E-state index contributed by atoms with van der Waals surface area (Å²) in [5.74, 6) is 2.65. The molecule has 2 aliphatic heterocycles. The Kier molecular flexibility index (Phi) is 4.53. The molecular weight excluding hydrogens is 348 g/mol. The zero-order chi connectivity index (χ0) is 18.9. The molecule has 2 aliphatic rings. The summed E-state index contributed by atoms with van der Waals surface area (Å²) in [7, 11) is 0. The van der Waals surface area contributed by atoms with Crippen molar-refractivity contribution in [2.24, 2.45) is 5.92 Å². The lowest BCUT2D eigenvalue weighted by molar-refractivity contribution is 0.0461. The topological polar surface area (TPSA) is 51.1 Å². The van der Waals surface area contributed by atoms with Gasteiger partial charge in [-0.15, -0.1) is 0 Å². The number of hydrogen-bond donors (Lipinski definition) is 0. The molecule has 142 valence electrons. The van der Waals surface area contributed by atoms with Gasteiger partial charge in [0.25, 0.3) is 0 Å². The summed E-state index contributed by atoms with van der Waals surface area (Å²) < 4.78 is 5.87. The van der Waals surface area contributed by atoms with Gasteiger partial charge in [0.2, 0.25) is 0 Å². The molecular formula is C23H24N4O. The third kappa shape index (κ3) is 3.16. The molecule has 0 radical (unpaired) electrons. The fourth-order valence-corrected chi connectivity index (χ4v) is 4.63. The summed E-state index contributed by atoms with van der Waals surface area (Å²) >= 11 is 0. The molecule has 3 aromatic rings. The van der Waals surface area contributed by atoms with E-state index in [4.69, 9.17) is 9.72 Å². The predicted molar refractivity (Wildman–Crippen MR) is 109 cm³/mol. The molecule has 2 aromatic heterocycles. The molecule has 5 nitrogen and oxygen atoms in total. The maximum Gasteiger partial charge on any atom is 0.180 e. The van der Waals surface area contributed by atoms with Crippen LogP contribution in [-0.2, 0) is 4.74 Å². The van der Waals surface area contributed by atoms with Crippen LogP contribution in [0.5, 0.6) is 0 Å². The highest BCUT2D eigenvalue weighted by Gasteiger charge is 2.44. The highest BCUT2D eigenvalue weighted by atomic mass is 16.5. The van der Waals surface area contributed by atoms with Crippen molar-refractivity contribution in [3.63, 3.8) is 0 Å².